The van der Waals surface area contributed by atoms with Gasteiger partial charge in [-0.2, -0.15) is 0 Å². The van der Waals surface area contributed by atoms with E-state index in [0.717, 1.165) is 16.5 Å². The van der Waals surface area contributed by atoms with Crippen LogP contribution in [0.2, 0.25) is 0 Å². The Kier molecular flexibility index (Phi) is 2.92. The molecule has 1 aromatic heterocycles. The average Bonchev–Trinajstić information content (AvgIpc) is 2.55. The van der Waals surface area contributed by atoms with Crippen molar-refractivity contribution in [3.05, 3.63) is 35.5 Å². The molecule has 3 nitrogen and oxygen atoms in total. The largest absolute Gasteiger partial charge is 0.481 e. The van der Waals surface area contributed by atoms with E-state index in [9.17, 15) is 4.79 Å². The number of carboxylic acid groups (broad SMARTS) is 1. The van der Waals surface area contributed by atoms with Gasteiger partial charge in [0.1, 0.15) is 0 Å². The minimum Gasteiger partial charge on any atom is -0.481 e. The van der Waals surface area contributed by atoms with Gasteiger partial charge in [-0.25, -0.2) is 0 Å². The number of benzene rings is 1. The number of aliphatic carboxylic acids is 1. The fourth-order valence-corrected chi connectivity index (χ4v) is 2.16. The smallest absolute Gasteiger partial charge is 0.306 e. The van der Waals surface area contributed by atoms with E-state index in [4.69, 9.17) is 5.11 Å². The first-order valence-corrected chi connectivity index (χ1v) is 5.76. The van der Waals surface area contributed by atoms with E-state index in [0.29, 0.717) is 6.42 Å². The summed E-state index contributed by atoms with van der Waals surface area (Å²) in [5.41, 5.74) is 3.49. The predicted molar refractivity (Wildman–Crippen MR) is 68.2 cm³/mol. The Morgan fingerprint density at radius 1 is 1.47 bits per heavy atom. The van der Waals surface area contributed by atoms with Crippen LogP contribution in [0.15, 0.2) is 24.4 Å². The highest BCUT2D eigenvalue weighted by Crippen LogP contribution is 2.24. The zero-order valence-electron chi connectivity index (χ0n) is 10.4. The molecule has 0 saturated heterocycles. The number of nitrogens with zero attached hydrogens (tertiary/aromatic N) is 1. The van der Waals surface area contributed by atoms with Crippen LogP contribution >= 0.6 is 0 Å². The van der Waals surface area contributed by atoms with Gasteiger partial charge in [0.2, 0.25) is 0 Å². The summed E-state index contributed by atoms with van der Waals surface area (Å²) < 4.78 is 2.06. The lowest BCUT2D eigenvalue weighted by atomic mass is 10.0. The van der Waals surface area contributed by atoms with E-state index in [1.54, 1.807) is 6.92 Å². The fraction of sp³-hybridized carbons (Fsp3) is 0.357. The molecule has 17 heavy (non-hydrogen) atoms. The van der Waals surface area contributed by atoms with Crippen molar-refractivity contribution in [2.45, 2.75) is 20.3 Å². The normalized spacial score (nSPS) is 12.9. The molecule has 0 saturated carbocycles. The van der Waals surface area contributed by atoms with Crippen LogP contribution in [-0.4, -0.2) is 15.6 Å². The van der Waals surface area contributed by atoms with Crippen LogP contribution in [0, 0.1) is 12.8 Å². The summed E-state index contributed by atoms with van der Waals surface area (Å²) in [7, 11) is 2.00. The molecule has 1 N–H and O–H groups in total. The molecule has 2 rings (SSSR count). The van der Waals surface area contributed by atoms with Gasteiger partial charge in [-0.1, -0.05) is 19.1 Å². The summed E-state index contributed by atoms with van der Waals surface area (Å²) >= 11 is 0. The third-order valence-electron chi connectivity index (χ3n) is 3.18. The number of aryl methyl sites for hydroxylation is 2. The topological polar surface area (TPSA) is 42.2 Å². The van der Waals surface area contributed by atoms with Crippen molar-refractivity contribution in [3.63, 3.8) is 0 Å². The highest BCUT2D eigenvalue weighted by Gasteiger charge is 2.15. The summed E-state index contributed by atoms with van der Waals surface area (Å²) in [5, 5.41) is 10.1. The van der Waals surface area contributed by atoms with Gasteiger partial charge < -0.3 is 9.67 Å². The van der Waals surface area contributed by atoms with Gasteiger partial charge in [0.05, 0.1) is 5.92 Å². The first-order valence-electron chi connectivity index (χ1n) is 5.76. The van der Waals surface area contributed by atoms with E-state index < -0.39 is 5.97 Å². The molecule has 0 spiro atoms. The van der Waals surface area contributed by atoms with Crippen LogP contribution < -0.4 is 0 Å². The maximum Gasteiger partial charge on any atom is 0.306 e. The minimum atomic E-state index is -0.742. The molecule has 1 atom stereocenters. The monoisotopic (exact) mass is 231 g/mol. The molecule has 0 aliphatic carbocycles. The molecular weight excluding hydrogens is 214 g/mol. The number of carbonyl (C=O) groups is 1. The average molecular weight is 231 g/mol. The summed E-state index contributed by atoms with van der Waals surface area (Å²) in [6.07, 6.45) is 2.61. The van der Waals surface area contributed by atoms with Crippen molar-refractivity contribution >= 4 is 16.9 Å². The number of hydrogen-bond acceptors (Lipinski definition) is 1. The molecule has 2 aromatic rings. The lowest BCUT2D eigenvalue weighted by Crippen LogP contribution is -2.11. The van der Waals surface area contributed by atoms with Crippen LogP contribution in [0.25, 0.3) is 10.9 Å². The van der Waals surface area contributed by atoms with Crippen LogP contribution in [0.5, 0.6) is 0 Å². The van der Waals surface area contributed by atoms with Crippen LogP contribution in [-0.2, 0) is 18.3 Å². The van der Waals surface area contributed by atoms with Gasteiger partial charge in [-0.15, -0.1) is 0 Å². The molecular formula is C14H17NO2. The molecule has 1 heterocycles. The van der Waals surface area contributed by atoms with Gasteiger partial charge in [0.15, 0.2) is 0 Å². The number of fused-ring (bicyclic) bond motifs is 1. The van der Waals surface area contributed by atoms with E-state index in [-0.39, 0.29) is 5.92 Å². The molecule has 90 valence electrons. The highest BCUT2D eigenvalue weighted by atomic mass is 16.4. The van der Waals surface area contributed by atoms with Gasteiger partial charge in [-0.3, -0.25) is 4.79 Å². The Bertz CT molecular complexity index is 569. The standard InChI is InChI=1S/C14H17NO2/c1-9-4-5-12-11(7-10(2)14(16)17)8-15(3)13(12)6-9/h4-6,8,10H,7H2,1-3H3,(H,16,17). The summed E-state index contributed by atoms with van der Waals surface area (Å²) in [6, 6.07) is 6.27. The number of aromatic nitrogens is 1. The zero-order chi connectivity index (χ0) is 12.6. The van der Waals surface area contributed by atoms with Gasteiger partial charge in [0.25, 0.3) is 0 Å². The number of hydrogen-bond donors (Lipinski definition) is 1. The highest BCUT2D eigenvalue weighted by molar-refractivity contribution is 5.85. The Morgan fingerprint density at radius 2 is 2.18 bits per heavy atom. The second-order valence-electron chi connectivity index (χ2n) is 4.73. The Hall–Kier alpha value is -1.77. The number of rotatable bonds is 3. The summed E-state index contributed by atoms with van der Waals surface area (Å²) in [5.74, 6) is -1.09. The molecule has 1 unspecified atom stereocenters. The molecule has 0 aliphatic heterocycles. The summed E-state index contributed by atoms with van der Waals surface area (Å²) in [6.45, 7) is 3.81. The van der Waals surface area contributed by atoms with Crippen molar-refractivity contribution in [1.29, 1.82) is 0 Å². The van der Waals surface area contributed by atoms with E-state index in [1.807, 2.05) is 13.2 Å². The molecule has 0 amide bonds. The maximum atomic E-state index is 10.9. The van der Waals surface area contributed by atoms with Crippen molar-refractivity contribution in [2.75, 3.05) is 0 Å². The van der Waals surface area contributed by atoms with E-state index >= 15 is 0 Å². The maximum absolute atomic E-state index is 10.9. The van der Waals surface area contributed by atoms with Crippen molar-refractivity contribution in [2.24, 2.45) is 13.0 Å². The quantitative estimate of drug-likeness (QED) is 0.882. The van der Waals surface area contributed by atoms with Crippen LogP contribution in [0.3, 0.4) is 0 Å². The van der Waals surface area contributed by atoms with Crippen molar-refractivity contribution < 1.29 is 9.90 Å². The van der Waals surface area contributed by atoms with Gasteiger partial charge in [-0.05, 0) is 30.5 Å². The molecule has 0 radical (unpaired) electrons. The minimum absolute atomic E-state index is 0.345. The van der Waals surface area contributed by atoms with Crippen LogP contribution in [0.1, 0.15) is 18.1 Å². The molecule has 1 aromatic carbocycles. The lowest BCUT2D eigenvalue weighted by molar-refractivity contribution is -0.141. The Morgan fingerprint density at radius 3 is 2.82 bits per heavy atom. The van der Waals surface area contributed by atoms with E-state index in [1.165, 1.54) is 5.56 Å². The second kappa shape index (κ2) is 4.24. The van der Waals surface area contributed by atoms with Crippen molar-refractivity contribution in [3.8, 4) is 0 Å². The fourth-order valence-electron chi connectivity index (χ4n) is 2.16. The third-order valence-corrected chi connectivity index (χ3v) is 3.18. The predicted octanol–water partition coefficient (Wildman–Crippen LogP) is 2.75. The van der Waals surface area contributed by atoms with Gasteiger partial charge >= 0.3 is 5.97 Å². The molecule has 0 aliphatic rings. The van der Waals surface area contributed by atoms with Crippen molar-refractivity contribution in [1.82, 2.24) is 4.57 Å². The van der Waals surface area contributed by atoms with Gasteiger partial charge in [0, 0.05) is 24.1 Å². The first kappa shape index (κ1) is 11.7. The second-order valence-corrected chi connectivity index (χ2v) is 4.73. The Balaban J connectivity index is 2.45. The summed E-state index contributed by atoms with van der Waals surface area (Å²) in [4.78, 5) is 10.9. The zero-order valence-corrected chi connectivity index (χ0v) is 10.4. The third kappa shape index (κ3) is 2.18. The SMILES string of the molecule is Cc1ccc2c(CC(C)C(=O)O)cn(C)c2c1. The van der Waals surface area contributed by atoms with E-state index in [2.05, 4.69) is 29.7 Å². The molecule has 0 fully saturated rings. The van der Waals surface area contributed by atoms with Crippen LogP contribution in [0.4, 0.5) is 0 Å². The Labute approximate surface area is 101 Å². The number of carboxylic acids is 1. The molecule has 0 bridgehead atoms. The lowest BCUT2D eigenvalue weighted by Gasteiger charge is -2.04. The molecule has 3 heteroatoms. The first-order chi connectivity index (χ1) is 7.99.